The Bertz CT molecular complexity index is 827. The van der Waals surface area contributed by atoms with Crippen LogP contribution in [-0.4, -0.2) is 22.8 Å². The number of carbonyl (C=O) groups is 1. The first-order chi connectivity index (χ1) is 11.5. The number of hydrogen-bond donors (Lipinski definition) is 0. The van der Waals surface area contributed by atoms with Gasteiger partial charge in [0, 0.05) is 12.0 Å². The third-order valence-corrected chi connectivity index (χ3v) is 5.15. The van der Waals surface area contributed by atoms with Crippen molar-refractivity contribution in [1.82, 2.24) is 0 Å². The molecule has 3 nitrogen and oxygen atoms in total. The van der Waals surface area contributed by atoms with E-state index < -0.39 is 11.1 Å². The molecule has 2 aliphatic rings. The molecule has 2 aromatic carbocycles. The van der Waals surface area contributed by atoms with Gasteiger partial charge in [0.15, 0.2) is 11.1 Å². The van der Waals surface area contributed by atoms with E-state index in [2.05, 4.69) is 18.2 Å². The van der Waals surface area contributed by atoms with Crippen LogP contribution < -0.4 is 0 Å². The molecule has 2 atom stereocenters. The van der Waals surface area contributed by atoms with Gasteiger partial charge >= 0.3 is 5.97 Å². The van der Waals surface area contributed by atoms with E-state index in [0.717, 1.165) is 29.7 Å². The molecule has 0 saturated carbocycles. The first-order valence-electron chi connectivity index (χ1n) is 8.46. The van der Waals surface area contributed by atoms with Crippen molar-refractivity contribution in [1.29, 1.82) is 0 Å². The molecule has 0 amide bonds. The van der Waals surface area contributed by atoms with Crippen molar-refractivity contribution in [3.05, 3.63) is 71.3 Å². The molecule has 4 rings (SSSR count). The highest BCUT2D eigenvalue weighted by molar-refractivity contribution is 6.12. The lowest BCUT2D eigenvalue weighted by molar-refractivity contribution is -0.161. The van der Waals surface area contributed by atoms with Crippen molar-refractivity contribution >= 4 is 11.7 Å². The van der Waals surface area contributed by atoms with Crippen molar-refractivity contribution < 1.29 is 9.53 Å². The first kappa shape index (κ1) is 15.1. The SMILES string of the molecule is C[C@@]12CCc3ccccc3C1=N[C@@](C)(Cc1ccccc1)C(=O)O2. The van der Waals surface area contributed by atoms with Gasteiger partial charge in [-0.2, -0.15) is 0 Å². The molecule has 0 bridgehead atoms. The third kappa shape index (κ3) is 2.35. The van der Waals surface area contributed by atoms with E-state index in [1.807, 2.05) is 50.2 Å². The van der Waals surface area contributed by atoms with Gasteiger partial charge in [0.25, 0.3) is 0 Å². The third-order valence-electron chi connectivity index (χ3n) is 5.15. The number of fused-ring (bicyclic) bond motifs is 3. The van der Waals surface area contributed by atoms with Crippen LogP contribution in [0.2, 0.25) is 0 Å². The fraction of sp³-hybridized carbons (Fsp3) is 0.333. The topological polar surface area (TPSA) is 38.7 Å². The van der Waals surface area contributed by atoms with Gasteiger partial charge in [-0.05, 0) is 37.8 Å². The first-order valence-corrected chi connectivity index (χ1v) is 8.46. The molecule has 1 heterocycles. The Labute approximate surface area is 142 Å². The van der Waals surface area contributed by atoms with Crippen molar-refractivity contribution in [2.24, 2.45) is 4.99 Å². The second kappa shape index (κ2) is 5.30. The van der Waals surface area contributed by atoms with Crippen LogP contribution >= 0.6 is 0 Å². The van der Waals surface area contributed by atoms with E-state index in [-0.39, 0.29) is 5.97 Å². The number of esters is 1. The predicted molar refractivity (Wildman–Crippen MR) is 94.3 cm³/mol. The molecule has 0 N–H and O–H groups in total. The summed E-state index contributed by atoms with van der Waals surface area (Å²) >= 11 is 0. The zero-order valence-corrected chi connectivity index (χ0v) is 14.1. The summed E-state index contributed by atoms with van der Waals surface area (Å²) in [5.41, 5.74) is 2.94. The molecule has 122 valence electrons. The molecule has 2 aromatic rings. The predicted octanol–water partition coefficient (Wildman–Crippen LogP) is 3.74. The molecule has 24 heavy (non-hydrogen) atoms. The van der Waals surface area contributed by atoms with Gasteiger partial charge < -0.3 is 4.74 Å². The molecule has 0 fully saturated rings. The van der Waals surface area contributed by atoms with Crippen LogP contribution in [0, 0.1) is 0 Å². The Morgan fingerprint density at radius 1 is 1.04 bits per heavy atom. The number of rotatable bonds is 2. The van der Waals surface area contributed by atoms with E-state index in [1.165, 1.54) is 5.56 Å². The summed E-state index contributed by atoms with van der Waals surface area (Å²) in [6, 6.07) is 18.3. The lowest BCUT2D eigenvalue weighted by atomic mass is 9.77. The van der Waals surface area contributed by atoms with Crippen LogP contribution in [0.1, 0.15) is 37.0 Å². The van der Waals surface area contributed by atoms with Crippen LogP contribution in [0.5, 0.6) is 0 Å². The summed E-state index contributed by atoms with van der Waals surface area (Å²) in [6.07, 6.45) is 2.25. The molecule has 0 spiro atoms. The molecular formula is C21H21NO2. The number of carbonyl (C=O) groups excluding carboxylic acids is 1. The number of benzene rings is 2. The van der Waals surface area contributed by atoms with Crippen molar-refractivity contribution in [3.63, 3.8) is 0 Å². The molecule has 0 unspecified atom stereocenters. The minimum atomic E-state index is -0.874. The Kier molecular flexibility index (Phi) is 3.34. The fourth-order valence-electron chi connectivity index (χ4n) is 3.74. The molecule has 0 radical (unpaired) electrons. The van der Waals surface area contributed by atoms with Gasteiger partial charge in [0.1, 0.15) is 0 Å². The maximum absolute atomic E-state index is 12.8. The van der Waals surface area contributed by atoms with Gasteiger partial charge in [-0.1, -0.05) is 54.6 Å². The minimum Gasteiger partial charge on any atom is -0.451 e. The summed E-state index contributed by atoms with van der Waals surface area (Å²) in [6.45, 7) is 3.87. The van der Waals surface area contributed by atoms with Crippen LogP contribution in [0.4, 0.5) is 0 Å². The van der Waals surface area contributed by atoms with Gasteiger partial charge in [-0.25, -0.2) is 4.79 Å². The smallest absolute Gasteiger partial charge is 0.335 e. The summed E-state index contributed by atoms with van der Waals surface area (Å²) < 4.78 is 5.95. The number of aryl methyl sites for hydroxylation is 1. The number of aliphatic imine (C=N–C) groups is 1. The largest absolute Gasteiger partial charge is 0.451 e. The maximum Gasteiger partial charge on any atom is 0.335 e. The van der Waals surface area contributed by atoms with E-state index in [0.29, 0.717) is 6.42 Å². The van der Waals surface area contributed by atoms with Crippen LogP contribution in [-0.2, 0) is 22.4 Å². The Balaban J connectivity index is 1.81. The average Bonchev–Trinajstić information content (AvgIpc) is 2.58. The molecule has 1 aliphatic heterocycles. The van der Waals surface area contributed by atoms with Crippen LogP contribution in [0.15, 0.2) is 59.6 Å². The lowest BCUT2D eigenvalue weighted by Crippen LogP contribution is -2.55. The molecule has 3 heteroatoms. The minimum absolute atomic E-state index is 0.225. The second-order valence-corrected chi connectivity index (χ2v) is 7.17. The fourth-order valence-corrected chi connectivity index (χ4v) is 3.74. The monoisotopic (exact) mass is 319 g/mol. The van der Waals surface area contributed by atoms with Crippen molar-refractivity contribution in [2.45, 2.75) is 44.2 Å². The van der Waals surface area contributed by atoms with Crippen molar-refractivity contribution in [2.75, 3.05) is 0 Å². The Morgan fingerprint density at radius 3 is 2.54 bits per heavy atom. The van der Waals surface area contributed by atoms with E-state index in [9.17, 15) is 4.79 Å². The second-order valence-electron chi connectivity index (χ2n) is 7.17. The Hall–Kier alpha value is -2.42. The van der Waals surface area contributed by atoms with Crippen LogP contribution in [0.25, 0.3) is 0 Å². The summed E-state index contributed by atoms with van der Waals surface area (Å²) in [7, 11) is 0. The zero-order chi connectivity index (χ0) is 16.8. The van der Waals surface area contributed by atoms with Gasteiger partial charge in [0.2, 0.25) is 0 Å². The summed E-state index contributed by atoms with van der Waals surface area (Å²) in [4.78, 5) is 17.7. The number of hydrogen-bond acceptors (Lipinski definition) is 3. The highest BCUT2D eigenvalue weighted by atomic mass is 16.6. The van der Waals surface area contributed by atoms with Gasteiger partial charge in [-0.3, -0.25) is 4.99 Å². The van der Waals surface area contributed by atoms with E-state index >= 15 is 0 Å². The Morgan fingerprint density at radius 2 is 1.75 bits per heavy atom. The van der Waals surface area contributed by atoms with Gasteiger partial charge in [-0.15, -0.1) is 0 Å². The zero-order valence-electron chi connectivity index (χ0n) is 14.1. The molecule has 0 saturated heterocycles. The highest BCUT2D eigenvalue weighted by Gasteiger charge is 2.50. The number of nitrogens with zero attached hydrogens (tertiary/aromatic N) is 1. The van der Waals surface area contributed by atoms with E-state index in [4.69, 9.17) is 9.73 Å². The normalized spacial score (nSPS) is 28.4. The molecular weight excluding hydrogens is 298 g/mol. The average molecular weight is 319 g/mol. The summed E-state index contributed by atoms with van der Waals surface area (Å²) in [5, 5.41) is 0. The van der Waals surface area contributed by atoms with Gasteiger partial charge in [0.05, 0.1) is 5.71 Å². The maximum atomic E-state index is 12.8. The van der Waals surface area contributed by atoms with E-state index in [1.54, 1.807) is 0 Å². The lowest BCUT2D eigenvalue weighted by Gasteiger charge is -2.43. The standard InChI is InChI=1S/C21H21NO2/c1-20(14-15-8-4-3-5-9-15)19(23)24-21(2)13-12-16-10-6-7-11-17(16)18(21)22-20/h3-11H,12-14H2,1-2H3/t20-,21+/m0/s1. The van der Waals surface area contributed by atoms with Crippen molar-refractivity contribution in [3.8, 4) is 0 Å². The number of ether oxygens (including phenoxy) is 1. The molecule has 0 aromatic heterocycles. The highest BCUT2D eigenvalue weighted by Crippen LogP contribution is 2.38. The van der Waals surface area contributed by atoms with Crippen LogP contribution in [0.3, 0.4) is 0 Å². The summed E-state index contributed by atoms with van der Waals surface area (Å²) in [5.74, 6) is -0.225. The quantitative estimate of drug-likeness (QED) is 0.791. The molecule has 1 aliphatic carbocycles.